The minimum atomic E-state index is -0.309. The van der Waals surface area contributed by atoms with Crippen molar-refractivity contribution in [3.8, 4) is 0 Å². The molecule has 3 aromatic rings. The van der Waals surface area contributed by atoms with Gasteiger partial charge in [0.15, 0.2) is 0 Å². The Hall–Kier alpha value is -2.62. The van der Waals surface area contributed by atoms with E-state index in [-0.39, 0.29) is 11.7 Å². The van der Waals surface area contributed by atoms with E-state index in [1.165, 1.54) is 11.6 Å². The van der Waals surface area contributed by atoms with Crippen LogP contribution < -0.4 is 5.32 Å². The lowest BCUT2D eigenvalue weighted by molar-refractivity contribution is 0.0946. The number of hydrogen-bond donors (Lipinski definition) is 1. The van der Waals surface area contributed by atoms with Crippen LogP contribution in [-0.2, 0) is 13.5 Å². The molecule has 0 aliphatic rings. The third kappa shape index (κ3) is 2.72. The molecule has 0 saturated carbocycles. The first-order valence-electron chi connectivity index (χ1n) is 7.23. The van der Waals surface area contributed by atoms with Crippen LogP contribution in [0.5, 0.6) is 0 Å². The first-order valence-corrected chi connectivity index (χ1v) is 7.23. The zero-order chi connectivity index (χ0) is 15.5. The Labute approximate surface area is 128 Å². The highest BCUT2D eigenvalue weighted by Crippen LogP contribution is 2.21. The second-order valence-electron chi connectivity index (χ2n) is 5.25. The van der Waals surface area contributed by atoms with Gasteiger partial charge >= 0.3 is 0 Å². The van der Waals surface area contributed by atoms with Gasteiger partial charge in [0.25, 0.3) is 5.91 Å². The van der Waals surface area contributed by atoms with Crippen LogP contribution in [0, 0.1) is 5.82 Å². The number of nitrogens with one attached hydrogen (secondary N) is 1. The fourth-order valence-corrected chi connectivity index (χ4v) is 2.60. The van der Waals surface area contributed by atoms with E-state index in [2.05, 4.69) is 5.32 Å². The van der Waals surface area contributed by atoms with Gasteiger partial charge < -0.3 is 9.88 Å². The number of halogens is 1. The molecular formula is C18H17FN2O. The van der Waals surface area contributed by atoms with Crippen LogP contribution in [0.2, 0.25) is 0 Å². The van der Waals surface area contributed by atoms with Gasteiger partial charge in [-0.05, 0) is 30.2 Å². The van der Waals surface area contributed by atoms with Gasteiger partial charge in [0.05, 0.1) is 5.52 Å². The molecule has 0 radical (unpaired) electrons. The van der Waals surface area contributed by atoms with E-state index in [9.17, 15) is 9.18 Å². The lowest BCUT2D eigenvalue weighted by atomic mass is 10.1. The number of amides is 1. The van der Waals surface area contributed by atoms with Gasteiger partial charge in [0.1, 0.15) is 11.5 Å². The summed E-state index contributed by atoms with van der Waals surface area (Å²) in [7, 11) is 1.77. The zero-order valence-corrected chi connectivity index (χ0v) is 12.3. The van der Waals surface area contributed by atoms with E-state index >= 15 is 0 Å². The predicted octanol–water partition coefficient (Wildman–Crippen LogP) is 3.29. The SMILES string of the molecule is Cn1c(C(=O)NCCc2ccccc2)cc2c(F)cccc21. The lowest BCUT2D eigenvalue weighted by Gasteiger charge is -2.06. The van der Waals surface area contributed by atoms with Crippen LogP contribution in [0.1, 0.15) is 16.1 Å². The Morgan fingerprint density at radius 3 is 2.64 bits per heavy atom. The van der Waals surface area contributed by atoms with E-state index < -0.39 is 0 Å². The first-order chi connectivity index (χ1) is 10.7. The normalized spacial score (nSPS) is 10.8. The minimum absolute atomic E-state index is 0.186. The van der Waals surface area contributed by atoms with Crippen molar-refractivity contribution >= 4 is 16.8 Å². The second kappa shape index (κ2) is 6.02. The number of hydrogen-bond acceptors (Lipinski definition) is 1. The van der Waals surface area contributed by atoms with E-state index in [1.807, 2.05) is 30.3 Å². The molecule has 0 saturated heterocycles. The van der Waals surface area contributed by atoms with Crippen molar-refractivity contribution in [2.45, 2.75) is 6.42 Å². The first kappa shape index (κ1) is 14.3. The molecule has 1 amide bonds. The second-order valence-corrected chi connectivity index (χ2v) is 5.25. The van der Waals surface area contributed by atoms with E-state index in [0.29, 0.717) is 23.1 Å². The number of rotatable bonds is 4. The van der Waals surface area contributed by atoms with Crippen LogP contribution in [0.25, 0.3) is 10.9 Å². The number of carbonyl (C=O) groups excluding carboxylic acids is 1. The average molecular weight is 296 g/mol. The smallest absolute Gasteiger partial charge is 0.267 e. The molecule has 0 spiro atoms. The van der Waals surface area contributed by atoms with Crippen molar-refractivity contribution in [2.24, 2.45) is 7.05 Å². The average Bonchev–Trinajstić information content (AvgIpc) is 2.87. The Balaban J connectivity index is 1.73. The van der Waals surface area contributed by atoms with Gasteiger partial charge in [-0.15, -0.1) is 0 Å². The van der Waals surface area contributed by atoms with Crippen molar-refractivity contribution in [3.63, 3.8) is 0 Å². The maximum absolute atomic E-state index is 13.8. The third-order valence-corrected chi connectivity index (χ3v) is 3.81. The lowest BCUT2D eigenvalue weighted by Crippen LogP contribution is -2.27. The predicted molar refractivity (Wildman–Crippen MR) is 85.4 cm³/mol. The largest absolute Gasteiger partial charge is 0.350 e. The Kier molecular flexibility index (Phi) is 3.92. The molecule has 0 unspecified atom stereocenters. The molecule has 0 bridgehead atoms. The Bertz CT molecular complexity index is 809. The number of nitrogens with zero attached hydrogens (tertiary/aromatic N) is 1. The van der Waals surface area contributed by atoms with Crippen molar-refractivity contribution in [3.05, 3.63) is 71.7 Å². The molecule has 0 fully saturated rings. The highest BCUT2D eigenvalue weighted by molar-refractivity contribution is 5.98. The molecule has 112 valence electrons. The summed E-state index contributed by atoms with van der Waals surface area (Å²) < 4.78 is 15.5. The highest BCUT2D eigenvalue weighted by Gasteiger charge is 2.14. The molecule has 1 N–H and O–H groups in total. The number of aryl methyl sites for hydroxylation is 1. The van der Waals surface area contributed by atoms with Crippen molar-refractivity contribution < 1.29 is 9.18 Å². The molecule has 3 nitrogen and oxygen atoms in total. The van der Waals surface area contributed by atoms with Crippen LogP contribution in [-0.4, -0.2) is 17.0 Å². The maximum Gasteiger partial charge on any atom is 0.267 e. The minimum Gasteiger partial charge on any atom is -0.350 e. The summed E-state index contributed by atoms with van der Waals surface area (Å²) in [6.45, 7) is 0.548. The summed E-state index contributed by atoms with van der Waals surface area (Å²) in [5.41, 5.74) is 2.35. The monoisotopic (exact) mass is 296 g/mol. The Morgan fingerprint density at radius 2 is 1.91 bits per heavy atom. The summed E-state index contributed by atoms with van der Waals surface area (Å²) in [6.07, 6.45) is 0.769. The number of carbonyl (C=O) groups is 1. The summed E-state index contributed by atoms with van der Waals surface area (Å²) in [4.78, 5) is 12.3. The van der Waals surface area contributed by atoms with Gasteiger partial charge in [-0.25, -0.2) is 4.39 Å². The maximum atomic E-state index is 13.8. The molecule has 2 aromatic carbocycles. The van der Waals surface area contributed by atoms with E-state index in [0.717, 1.165) is 6.42 Å². The number of benzene rings is 2. The fourth-order valence-electron chi connectivity index (χ4n) is 2.60. The van der Waals surface area contributed by atoms with Crippen molar-refractivity contribution in [1.29, 1.82) is 0 Å². The molecular weight excluding hydrogens is 279 g/mol. The molecule has 3 rings (SSSR count). The highest BCUT2D eigenvalue weighted by atomic mass is 19.1. The van der Waals surface area contributed by atoms with Gasteiger partial charge in [-0.1, -0.05) is 36.4 Å². The van der Waals surface area contributed by atoms with E-state index in [4.69, 9.17) is 0 Å². The fraction of sp³-hybridized carbons (Fsp3) is 0.167. The molecule has 22 heavy (non-hydrogen) atoms. The van der Waals surface area contributed by atoms with E-state index in [1.54, 1.807) is 29.8 Å². The summed E-state index contributed by atoms with van der Waals surface area (Å²) in [6, 6.07) is 16.4. The van der Waals surface area contributed by atoms with Gasteiger partial charge in [-0.2, -0.15) is 0 Å². The number of aromatic nitrogens is 1. The van der Waals surface area contributed by atoms with Crippen LogP contribution >= 0.6 is 0 Å². The quantitative estimate of drug-likeness (QED) is 0.787. The summed E-state index contributed by atoms with van der Waals surface area (Å²) >= 11 is 0. The summed E-state index contributed by atoms with van der Waals surface area (Å²) in [5, 5.41) is 3.36. The van der Waals surface area contributed by atoms with Crippen LogP contribution in [0.15, 0.2) is 54.6 Å². The molecule has 0 atom stereocenters. The van der Waals surface area contributed by atoms with Crippen molar-refractivity contribution in [2.75, 3.05) is 6.54 Å². The van der Waals surface area contributed by atoms with Crippen molar-refractivity contribution in [1.82, 2.24) is 9.88 Å². The van der Waals surface area contributed by atoms with Crippen LogP contribution in [0.4, 0.5) is 4.39 Å². The standard InChI is InChI=1S/C18H17FN2O/c1-21-16-9-5-8-15(19)14(16)12-17(21)18(22)20-11-10-13-6-3-2-4-7-13/h2-9,12H,10-11H2,1H3,(H,20,22). The molecule has 0 aliphatic carbocycles. The third-order valence-electron chi connectivity index (χ3n) is 3.81. The number of fused-ring (bicyclic) bond motifs is 1. The van der Waals surface area contributed by atoms with Gasteiger partial charge in [0.2, 0.25) is 0 Å². The topological polar surface area (TPSA) is 34.0 Å². The molecule has 1 heterocycles. The zero-order valence-electron chi connectivity index (χ0n) is 12.3. The Morgan fingerprint density at radius 1 is 1.14 bits per heavy atom. The molecule has 4 heteroatoms. The molecule has 1 aromatic heterocycles. The molecule has 0 aliphatic heterocycles. The van der Waals surface area contributed by atoms with Crippen LogP contribution in [0.3, 0.4) is 0 Å². The van der Waals surface area contributed by atoms with Gasteiger partial charge in [0, 0.05) is 19.0 Å². The summed E-state index contributed by atoms with van der Waals surface area (Å²) in [5.74, 6) is -0.495. The van der Waals surface area contributed by atoms with Gasteiger partial charge in [-0.3, -0.25) is 4.79 Å².